The van der Waals surface area contributed by atoms with Crippen molar-refractivity contribution in [3.8, 4) is 0 Å². The van der Waals surface area contributed by atoms with E-state index in [1.165, 1.54) is 5.69 Å². The average molecular weight is 367 g/mol. The number of rotatable bonds is 7. The number of nitrogens with one attached hydrogen (secondary N) is 1. The zero-order chi connectivity index (χ0) is 19.1. The highest BCUT2D eigenvalue weighted by atomic mass is 16.4. The van der Waals surface area contributed by atoms with Crippen molar-refractivity contribution in [2.75, 3.05) is 42.9 Å². The van der Waals surface area contributed by atoms with Crippen LogP contribution in [0.3, 0.4) is 0 Å². The summed E-state index contributed by atoms with van der Waals surface area (Å²) in [5.74, 6) is -1.91. The minimum Gasteiger partial charge on any atom is -0.481 e. The van der Waals surface area contributed by atoms with Crippen LogP contribution in [-0.4, -0.2) is 54.6 Å². The molecule has 1 fully saturated rings. The van der Waals surface area contributed by atoms with Gasteiger partial charge in [-0.05, 0) is 24.3 Å². The monoisotopic (exact) mass is 367 g/mol. The molecule has 2 aromatic carbocycles. The fraction of sp³-hybridized carbons (Fsp3) is 0.333. The third-order valence-corrected chi connectivity index (χ3v) is 4.81. The van der Waals surface area contributed by atoms with Crippen molar-refractivity contribution in [2.24, 2.45) is 5.92 Å². The van der Waals surface area contributed by atoms with Crippen molar-refractivity contribution < 1.29 is 14.7 Å². The molecular weight excluding hydrogens is 342 g/mol. The number of carboxylic acids is 1. The SMILES string of the molecule is O=C(C[C@@H](CN1CCN(c2ccccc2)CC1)C(=O)O)Nc1ccccc1. The number of hydrogen-bond donors (Lipinski definition) is 2. The van der Waals surface area contributed by atoms with Gasteiger partial charge in [0.25, 0.3) is 0 Å². The Labute approximate surface area is 159 Å². The number of para-hydroxylation sites is 2. The summed E-state index contributed by atoms with van der Waals surface area (Å²) in [4.78, 5) is 28.3. The number of piperazine rings is 1. The fourth-order valence-corrected chi connectivity index (χ4v) is 3.33. The lowest BCUT2D eigenvalue weighted by molar-refractivity contribution is -0.144. The second-order valence-electron chi connectivity index (χ2n) is 6.78. The van der Waals surface area contributed by atoms with E-state index < -0.39 is 11.9 Å². The molecule has 1 aliphatic heterocycles. The molecule has 27 heavy (non-hydrogen) atoms. The van der Waals surface area contributed by atoms with E-state index in [1.54, 1.807) is 12.1 Å². The number of carboxylic acid groups (broad SMARTS) is 1. The van der Waals surface area contributed by atoms with Gasteiger partial charge in [0.15, 0.2) is 0 Å². The molecule has 2 aromatic rings. The third kappa shape index (κ3) is 5.56. The van der Waals surface area contributed by atoms with E-state index in [4.69, 9.17) is 0 Å². The van der Waals surface area contributed by atoms with Crippen LogP contribution in [0.25, 0.3) is 0 Å². The van der Waals surface area contributed by atoms with E-state index in [1.807, 2.05) is 36.4 Å². The Balaban J connectivity index is 1.50. The highest BCUT2D eigenvalue weighted by molar-refractivity contribution is 5.93. The number of hydrogen-bond acceptors (Lipinski definition) is 4. The number of amides is 1. The number of carbonyl (C=O) groups is 2. The molecule has 1 heterocycles. The number of aliphatic carboxylic acids is 1. The second kappa shape index (κ2) is 9.19. The summed E-state index contributed by atoms with van der Waals surface area (Å²) in [5, 5.41) is 12.3. The first-order valence-electron chi connectivity index (χ1n) is 9.22. The minimum absolute atomic E-state index is 0.0247. The number of carbonyl (C=O) groups excluding carboxylic acids is 1. The van der Waals surface area contributed by atoms with Gasteiger partial charge < -0.3 is 15.3 Å². The maximum Gasteiger partial charge on any atom is 0.308 e. The summed E-state index contributed by atoms with van der Waals surface area (Å²) < 4.78 is 0. The number of nitrogens with zero attached hydrogens (tertiary/aromatic N) is 2. The molecule has 6 nitrogen and oxygen atoms in total. The topological polar surface area (TPSA) is 72.9 Å². The summed E-state index contributed by atoms with van der Waals surface area (Å²) in [7, 11) is 0. The first-order valence-corrected chi connectivity index (χ1v) is 9.22. The Morgan fingerprint density at radius 1 is 0.926 bits per heavy atom. The van der Waals surface area contributed by atoms with Crippen molar-refractivity contribution in [1.29, 1.82) is 0 Å². The van der Waals surface area contributed by atoms with E-state index in [9.17, 15) is 14.7 Å². The number of anilines is 2. The predicted molar refractivity (Wildman–Crippen MR) is 106 cm³/mol. The van der Waals surface area contributed by atoms with Crippen molar-refractivity contribution in [2.45, 2.75) is 6.42 Å². The standard InChI is InChI=1S/C21H25N3O3/c25-20(22-18-7-3-1-4-8-18)15-17(21(26)27)16-23-11-13-24(14-12-23)19-9-5-2-6-10-19/h1-10,17H,11-16H2,(H,22,25)(H,26,27)/t17-/m0/s1. The van der Waals surface area contributed by atoms with E-state index in [0.29, 0.717) is 12.2 Å². The lowest BCUT2D eigenvalue weighted by atomic mass is 10.0. The molecule has 1 amide bonds. The predicted octanol–water partition coefficient (Wildman–Crippen LogP) is 2.54. The van der Waals surface area contributed by atoms with Crippen LogP contribution < -0.4 is 10.2 Å². The van der Waals surface area contributed by atoms with Gasteiger partial charge in [-0.2, -0.15) is 0 Å². The smallest absolute Gasteiger partial charge is 0.308 e. The van der Waals surface area contributed by atoms with Crippen LogP contribution in [0.5, 0.6) is 0 Å². The van der Waals surface area contributed by atoms with Crippen LogP contribution in [0.15, 0.2) is 60.7 Å². The Bertz CT molecular complexity index is 744. The molecule has 0 unspecified atom stereocenters. The van der Waals surface area contributed by atoms with E-state index >= 15 is 0 Å². The van der Waals surface area contributed by atoms with E-state index in [2.05, 4.69) is 27.2 Å². The zero-order valence-electron chi connectivity index (χ0n) is 15.3. The molecule has 0 radical (unpaired) electrons. The molecule has 6 heteroatoms. The summed E-state index contributed by atoms with van der Waals surface area (Å²) in [6.07, 6.45) is -0.0247. The van der Waals surface area contributed by atoms with Crippen LogP contribution in [0.4, 0.5) is 11.4 Å². The van der Waals surface area contributed by atoms with E-state index in [-0.39, 0.29) is 12.3 Å². The van der Waals surface area contributed by atoms with Crippen LogP contribution in [0.2, 0.25) is 0 Å². The lowest BCUT2D eigenvalue weighted by Gasteiger charge is -2.37. The van der Waals surface area contributed by atoms with Crippen LogP contribution in [0.1, 0.15) is 6.42 Å². The Kier molecular flexibility index (Phi) is 6.44. The molecule has 3 rings (SSSR count). The summed E-state index contributed by atoms with van der Waals surface area (Å²) >= 11 is 0. The average Bonchev–Trinajstić information content (AvgIpc) is 2.69. The Morgan fingerprint density at radius 2 is 1.52 bits per heavy atom. The van der Waals surface area contributed by atoms with Gasteiger partial charge in [-0.1, -0.05) is 36.4 Å². The van der Waals surface area contributed by atoms with Gasteiger partial charge in [0.2, 0.25) is 5.91 Å². The Hall–Kier alpha value is -2.86. The van der Waals surface area contributed by atoms with Gasteiger partial charge in [0, 0.05) is 50.5 Å². The molecule has 1 saturated heterocycles. The second-order valence-corrected chi connectivity index (χ2v) is 6.78. The van der Waals surface area contributed by atoms with Crippen molar-refractivity contribution in [3.63, 3.8) is 0 Å². The first kappa shape index (κ1) is 18.9. The highest BCUT2D eigenvalue weighted by Crippen LogP contribution is 2.17. The van der Waals surface area contributed by atoms with Crippen molar-refractivity contribution >= 4 is 23.3 Å². The molecule has 2 N–H and O–H groups in total. The van der Waals surface area contributed by atoms with Gasteiger partial charge in [0.05, 0.1) is 5.92 Å². The molecule has 0 bridgehead atoms. The first-order chi connectivity index (χ1) is 13.1. The maximum atomic E-state index is 12.2. The van der Waals surface area contributed by atoms with E-state index in [0.717, 1.165) is 26.2 Å². The molecule has 0 saturated carbocycles. The zero-order valence-corrected chi connectivity index (χ0v) is 15.3. The quantitative estimate of drug-likeness (QED) is 0.787. The minimum atomic E-state index is -0.927. The summed E-state index contributed by atoms with van der Waals surface area (Å²) in [5.41, 5.74) is 1.87. The fourth-order valence-electron chi connectivity index (χ4n) is 3.33. The highest BCUT2D eigenvalue weighted by Gasteiger charge is 2.26. The largest absolute Gasteiger partial charge is 0.481 e. The van der Waals surface area contributed by atoms with Crippen LogP contribution >= 0.6 is 0 Å². The normalized spacial score (nSPS) is 15.9. The van der Waals surface area contributed by atoms with Crippen molar-refractivity contribution in [3.05, 3.63) is 60.7 Å². The molecule has 1 aliphatic rings. The molecule has 1 atom stereocenters. The molecule has 0 aromatic heterocycles. The summed E-state index contributed by atoms with van der Waals surface area (Å²) in [6.45, 7) is 3.68. The lowest BCUT2D eigenvalue weighted by Crippen LogP contribution is -2.48. The molecular formula is C21H25N3O3. The maximum absolute atomic E-state index is 12.2. The Morgan fingerprint density at radius 3 is 2.11 bits per heavy atom. The van der Waals surface area contributed by atoms with Gasteiger partial charge in [-0.15, -0.1) is 0 Å². The molecule has 0 aliphatic carbocycles. The molecule has 0 spiro atoms. The summed E-state index contributed by atoms with van der Waals surface area (Å²) in [6, 6.07) is 19.3. The van der Waals surface area contributed by atoms with Crippen LogP contribution in [0, 0.1) is 5.92 Å². The van der Waals surface area contributed by atoms with Gasteiger partial charge >= 0.3 is 5.97 Å². The van der Waals surface area contributed by atoms with Gasteiger partial charge in [-0.3, -0.25) is 14.5 Å². The van der Waals surface area contributed by atoms with Crippen LogP contribution in [-0.2, 0) is 9.59 Å². The molecule has 142 valence electrons. The third-order valence-electron chi connectivity index (χ3n) is 4.81. The number of benzene rings is 2. The van der Waals surface area contributed by atoms with Gasteiger partial charge in [0.1, 0.15) is 0 Å². The van der Waals surface area contributed by atoms with Crippen molar-refractivity contribution in [1.82, 2.24) is 4.90 Å². The van der Waals surface area contributed by atoms with Gasteiger partial charge in [-0.25, -0.2) is 0 Å².